The topological polar surface area (TPSA) is 64.3 Å². The molecule has 0 radical (unpaired) electrons. The van der Waals surface area contributed by atoms with Gasteiger partial charge in [0.15, 0.2) is 0 Å². The van der Waals surface area contributed by atoms with Gasteiger partial charge in [-0.15, -0.1) is 0 Å². The Labute approximate surface area is 124 Å². The van der Waals surface area contributed by atoms with Crippen molar-refractivity contribution in [3.05, 3.63) is 28.8 Å². The molecule has 0 heterocycles. The second-order valence-corrected chi connectivity index (χ2v) is 5.62. The summed E-state index contributed by atoms with van der Waals surface area (Å²) in [5.74, 6) is 0.102. The van der Waals surface area contributed by atoms with Crippen molar-refractivity contribution in [3.8, 4) is 0 Å². The Morgan fingerprint density at radius 1 is 1.45 bits per heavy atom. The van der Waals surface area contributed by atoms with Gasteiger partial charge in [-0.1, -0.05) is 24.4 Å². The minimum atomic E-state index is -0.358. The Bertz CT molecular complexity index is 479. The van der Waals surface area contributed by atoms with Gasteiger partial charge in [-0.05, 0) is 43.5 Å². The van der Waals surface area contributed by atoms with E-state index in [4.69, 9.17) is 22.1 Å². The van der Waals surface area contributed by atoms with Crippen LogP contribution in [0.2, 0.25) is 5.02 Å². The Morgan fingerprint density at radius 3 is 2.90 bits per heavy atom. The molecule has 1 aliphatic carbocycles. The van der Waals surface area contributed by atoms with Crippen LogP contribution in [0.25, 0.3) is 0 Å². The van der Waals surface area contributed by atoms with E-state index in [-0.39, 0.29) is 5.97 Å². The molecule has 1 aromatic carbocycles. The quantitative estimate of drug-likeness (QED) is 0.838. The zero-order valence-electron chi connectivity index (χ0n) is 11.7. The van der Waals surface area contributed by atoms with Crippen molar-refractivity contribution in [1.29, 1.82) is 0 Å². The molecule has 5 heteroatoms. The van der Waals surface area contributed by atoms with Crippen LogP contribution < -0.4 is 11.1 Å². The van der Waals surface area contributed by atoms with Gasteiger partial charge in [-0.25, -0.2) is 4.79 Å². The number of methoxy groups -OCH3 is 1. The van der Waals surface area contributed by atoms with Crippen molar-refractivity contribution in [1.82, 2.24) is 0 Å². The molecule has 1 saturated carbocycles. The van der Waals surface area contributed by atoms with Gasteiger partial charge in [-0.3, -0.25) is 0 Å². The van der Waals surface area contributed by atoms with Crippen molar-refractivity contribution in [2.24, 2.45) is 11.7 Å². The number of carbonyl (C=O) groups is 1. The van der Waals surface area contributed by atoms with E-state index in [9.17, 15) is 4.79 Å². The second-order valence-electron chi connectivity index (χ2n) is 5.22. The predicted molar refractivity (Wildman–Crippen MR) is 81.2 cm³/mol. The zero-order chi connectivity index (χ0) is 14.5. The highest BCUT2D eigenvalue weighted by Gasteiger charge is 2.24. The highest BCUT2D eigenvalue weighted by molar-refractivity contribution is 6.33. The van der Waals surface area contributed by atoms with Crippen LogP contribution in [0.5, 0.6) is 0 Å². The molecule has 2 rings (SSSR count). The van der Waals surface area contributed by atoms with Crippen LogP contribution in [0.3, 0.4) is 0 Å². The van der Waals surface area contributed by atoms with Gasteiger partial charge >= 0.3 is 5.97 Å². The summed E-state index contributed by atoms with van der Waals surface area (Å²) >= 11 is 6.21. The first-order valence-electron chi connectivity index (χ1n) is 7.00. The summed E-state index contributed by atoms with van der Waals surface area (Å²) < 4.78 is 4.73. The lowest BCUT2D eigenvalue weighted by Gasteiger charge is -2.32. The van der Waals surface area contributed by atoms with E-state index in [0.717, 1.165) is 18.5 Å². The highest BCUT2D eigenvalue weighted by Crippen LogP contribution is 2.30. The number of nitrogens with two attached hydrogens (primary N) is 1. The number of halogens is 1. The Morgan fingerprint density at radius 2 is 2.20 bits per heavy atom. The van der Waals surface area contributed by atoms with Crippen molar-refractivity contribution < 1.29 is 9.53 Å². The fraction of sp³-hybridized carbons (Fsp3) is 0.533. The zero-order valence-corrected chi connectivity index (χ0v) is 12.5. The molecule has 0 aliphatic heterocycles. The Balaban J connectivity index is 2.17. The van der Waals surface area contributed by atoms with E-state index < -0.39 is 0 Å². The number of carbonyl (C=O) groups excluding carboxylic acids is 1. The molecule has 20 heavy (non-hydrogen) atoms. The van der Waals surface area contributed by atoms with Gasteiger partial charge < -0.3 is 15.8 Å². The maximum absolute atomic E-state index is 11.6. The molecule has 0 bridgehead atoms. The lowest BCUT2D eigenvalue weighted by molar-refractivity contribution is 0.0601. The highest BCUT2D eigenvalue weighted by atomic mass is 35.5. The van der Waals surface area contributed by atoms with E-state index >= 15 is 0 Å². The summed E-state index contributed by atoms with van der Waals surface area (Å²) in [6, 6.07) is 5.45. The van der Waals surface area contributed by atoms with Crippen molar-refractivity contribution in [2.75, 3.05) is 19.0 Å². The number of hydrogen-bond donors (Lipinski definition) is 2. The fourth-order valence-corrected chi connectivity index (χ4v) is 2.93. The predicted octanol–water partition coefficient (Wildman–Crippen LogP) is 3.06. The van der Waals surface area contributed by atoms with Gasteiger partial charge in [0.1, 0.15) is 0 Å². The molecular formula is C15H21ClN2O2. The number of ether oxygens (including phenoxy) is 1. The van der Waals surface area contributed by atoms with Crippen molar-refractivity contribution in [3.63, 3.8) is 0 Å². The number of benzene rings is 1. The molecule has 0 spiro atoms. The minimum absolute atomic E-state index is 0.319. The molecule has 0 saturated heterocycles. The molecule has 2 unspecified atom stereocenters. The smallest absolute Gasteiger partial charge is 0.337 e. The molecule has 2 atom stereocenters. The standard InChI is InChI=1S/C15H21ClN2O2/c1-20-15(19)10-6-7-12(16)14(8-10)18-13-5-3-2-4-11(13)9-17/h6-8,11,13,18H,2-5,9,17H2,1H3. The summed E-state index contributed by atoms with van der Waals surface area (Å²) in [5.41, 5.74) is 7.12. The van der Waals surface area contributed by atoms with Crippen LogP contribution in [0.4, 0.5) is 5.69 Å². The largest absolute Gasteiger partial charge is 0.465 e. The van der Waals surface area contributed by atoms with Crippen LogP contribution in [-0.2, 0) is 4.74 Å². The number of anilines is 1. The maximum Gasteiger partial charge on any atom is 0.337 e. The Hall–Kier alpha value is -1.26. The second kappa shape index (κ2) is 6.95. The summed E-state index contributed by atoms with van der Waals surface area (Å²) in [6.45, 7) is 0.673. The third kappa shape index (κ3) is 3.44. The van der Waals surface area contributed by atoms with Crippen LogP contribution in [0.1, 0.15) is 36.0 Å². The SMILES string of the molecule is COC(=O)c1ccc(Cl)c(NC2CCCCC2CN)c1. The first-order chi connectivity index (χ1) is 9.65. The van der Waals surface area contributed by atoms with Gasteiger partial charge in [0.25, 0.3) is 0 Å². The fourth-order valence-electron chi connectivity index (χ4n) is 2.76. The van der Waals surface area contributed by atoms with Gasteiger partial charge in [0.2, 0.25) is 0 Å². The molecule has 0 aromatic heterocycles. The molecule has 1 fully saturated rings. The van der Waals surface area contributed by atoms with Crippen molar-refractivity contribution >= 4 is 23.3 Å². The van der Waals surface area contributed by atoms with Crippen molar-refractivity contribution in [2.45, 2.75) is 31.7 Å². The van der Waals surface area contributed by atoms with Gasteiger partial charge in [-0.2, -0.15) is 0 Å². The monoisotopic (exact) mass is 296 g/mol. The lowest BCUT2D eigenvalue weighted by Crippen LogP contribution is -2.36. The molecule has 3 N–H and O–H groups in total. The van der Waals surface area contributed by atoms with Gasteiger partial charge in [0.05, 0.1) is 23.4 Å². The van der Waals surface area contributed by atoms with E-state index in [1.807, 2.05) is 0 Å². The lowest BCUT2D eigenvalue weighted by atomic mass is 9.84. The Kier molecular flexibility index (Phi) is 5.26. The molecule has 4 nitrogen and oxygen atoms in total. The van der Waals surface area contributed by atoms with E-state index in [1.54, 1.807) is 18.2 Å². The third-order valence-corrected chi connectivity index (χ3v) is 4.27. The molecular weight excluding hydrogens is 276 g/mol. The normalized spacial score (nSPS) is 22.4. The molecule has 1 aromatic rings. The van der Waals surface area contributed by atoms with E-state index in [2.05, 4.69) is 5.32 Å². The van der Waals surface area contributed by atoms with Crippen LogP contribution >= 0.6 is 11.6 Å². The maximum atomic E-state index is 11.6. The van der Waals surface area contributed by atoms with Crippen LogP contribution in [-0.4, -0.2) is 25.7 Å². The van der Waals surface area contributed by atoms with E-state index in [1.165, 1.54) is 20.0 Å². The summed E-state index contributed by atoms with van der Waals surface area (Å²) in [6.07, 6.45) is 4.65. The number of hydrogen-bond acceptors (Lipinski definition) is 4. The minimum Gasteiger partial charge on any atom is -0.465 e. The first-order valence-corrected chi connectivity index (χ1v) is 7.38. The summed E-state index contributed by atoms with van der Waals surface area (Å²) in [5, 5.41) is 4.06. The molecule has 110 valence electrons. The summed E-state index contributed by atoms with van der Waals surface area (Å²) in [4.78, 5) is 11.6. The number of esters is 1. The first kappa shape index (κ1) is 15.1. The third-order valence-electron chi connectivity index (χ3n) is 3.94. The number of nitrogens with one attached hydrogen (secondary N) is 1. The van der Waals surface area contributed by atoms with Crippen LogP contribution in [0, 0.1) is 5.92 Å². The summed E-state index contributed by atoms with van der Waals surface area (Å²) in [7, 11) is 1.37. The molecule has 1 aliphatic rings. The average Bonchev–Trinajstić information content (AvgIpc) is 2.49. The van der Waals surface area contributed by atoms with E-state index in [0.29, 0.717) is 29.1 Å². The number of rotatable bonds is 4. The van der Waals surface area contributed by atoms with Gasteiger partial charge in [0, 0.05) is 6.04 Å². The van der Waals surface area contributed by atoms with Crippen LogP contribution in [0.15, 0.2) is 18.2 Å². The molecule has 0 amide bonds. The average molecular weight is 297 g/mol.